The Morgan fingerprint density at radius 3 is 2.10 bits per heavy atom. The lowest BCUT2D eigenvalue weighted by Crippen LogP contribution is -2.59. The van der Waals surface area contributed by atoms with Crippen LogP contribution in [0.1, 0.15) is 101 Å². The van der Waals surface area contributed by atoms with Crippen molar-refractivity contribution in [3.63, 3.8) is 0 Å². The molecule has 14 heteroatoms. The molecule has 1 saturated carbocycles. The monoisotopic (exact) mass is 829 g/mol. The first kappa shape index (κ1) is 38.7. The first-order chi connectivity index (χ1) is 29.1. The maximum atomic E-state index is 13.8. The number of benzene rings is 3. The number of amides is 5. The molecule has 3 aromatic rings. The normalized spacial score (nSPS) is 26.5. The molecule has 10 rings (SSSR count). The summed E-state index contributed by atoms with van der Waals surface area (Å²) in [5, 5.41) is 11.8. The van der Waals surface area contributed by atoms with E-state index in [1.165, 1.54) is 12.8 Å². The average molecular weight is 830 g/mol. The summed E-state index contributed by atoms with van der Waals surface area (Å²) in [5.41, 5.74) is 4.21. The molecule has 1 aliphatic carbocycles. The van der Waals surface area contributed by atoms with Crippen LogP contribution in [0.15, 0.2) is 60.7 Å². The third kappa shape index (κ3) is 6.87. The SMILES string of the molecule is N#Cc1ccc(OC2CC3CCC(C2)N3C(=O)c2ccc(N3CCN(C4CC5(CCN(c6ccc7c(c6)C(=O)N(C6CCC(=O)NC6=O)C7=O)CC5)C4)CC3)cc2)cc1Cl. The van der Waals surface area contributed by atoms with Gasteiger partial charge in [-0.15, -0.1) is 0 Å². The second-order valence-electron chi connectivity index (χ2n) is 17.9. The van der Waals surface area contributed by atoms with Gasteiger partial charge in [0.2, 0.25) is 11.8 Å². The van der Waals surface area contributed by atoms with Crippen molar-refractivity contribution >= 4 is 52.5 Å². The molecule has 3 atom stereocenters. The number of ether oxygens (including phenoxy) is 1. The van der Waals surface area contributed by atoms with Gasteiger partial charge < -0.3 is 19.4 Å². The van der Waals surface area contributed by atoms with Gasteiger partial charge in [0.25, 0.3) is 17.7 Å². The number of carbonyl (C=O) groups is 5. The molecule has 2 bridgehead atoms. The van der Waals surface area contributed by atoms with E-state index in [1.54, 1.807) is 30.3 Å². The van der Waals surface area contributed by atoms with E-state index in [1.807, 2.05) is 18.2 Å². The van der Waals surface area contributed by atoms with E-state index in [0.717, 1.165) is 99.6 Å². The number of piperidine rings is 3. The van der Waals surface area contributed by atoms with E-state index < -0.39 is 23.8 Å². The van der Waals surface area contributed by atoms with Gasteiger partial charge in [-0.25, -0.2) is 0 Å². The van der Waals surface area contributed by atoms with Crippen LogP contribution in [0.5, 0.6) is 5.75 Å². The standard InChI is InChI=1S/C46H48ClN7O6/c47-39-24-35(9-3-29(39)27-48)60-36-21-32-6-7-33(22-36)53(32)43(57)28-1-4-30(5-2-28)51-17-19-52(20-18-51)34-25-46(26-34)13-15-50(16-14-46)31-8-10-37-38(23-31)45(59)54(44(37)58)40-11-12-41(55)49-42(40)56/h1-5,8-10,23-24,32-34,36,40H,6-7,11-22,25-26H2,(H,49,55,56). The number of piperazine rings is 1. The molecule has 0 radical (unpaired) electrons. The number of nitrogens with one attached hydrogen (secondary N) is 1. The number of anilines is 2. The predicted octanol–water partition coefficient (Wildman–Crippen LogP) is 5.40. The maximum absolute atomic E-state index is 13.8. The summed E-state index contributed by atoms with van der Waals surface area (Å²) in [6.07, 6.45) is 8.33. The first-order valence-electron chi connectivity index (χ1n) is 21.4. The summed E-state index contributed by atoms with van der Waals surface area (Å²) in [4.78, 5) is 75.0. The van der Waals surface area contributed by atoms with Gasteiger partial charge in [0.15, 0.2) is 0 Å². The van der Waals surface area contributed by atoms with E-state index in [9.17, 15) is 29.2 Å². The van der Waals surface area contributed by atoms with Crippen LogP contribution in [0.4, 0.5) is 11.4 Å². The van der Waals surface area contributed by atoms with Gasteiger partial charge in [-0.05, 0) is 105 Å². The Hall–Kier alpha value is -5.45. The molecule has 6 aliphatic heterocycles. The van der Waals surface area contributed by atoms with Crippen LogP contribution < -0.4 is 19.9 Å². The summed E-state index contributed by atoms with van der Waals surface area (Å²) in [6.45, 7) is 5.71. The molecule has 0 aromatic heterocycles. The molecule has 60 heavy (non-hydrogen) atoms. The predicted molar refractivity (Wildman–Crippen MR) is 223 cm³/mol. The zero-order valence-electron chi connectivity index (χ0n) is 33.5. The number of nitrogens with zero attached hydrogens (tertiary/aromatic N) is 6. The lowest BCUT2D eigenvalue weighted by molar-refractivity contribution is -0.136. The van der Waals surface area contributed by atoms with Crippen LogP contribution in [0.2, 0.25) is 5.02 Å². The number of imide groups is 2. The minimum absolute atomic E-state index is 0.00396. The van der Waals surface area contributed by atoms with Gasteiger partial charge in [0, 0.05) is 99.7 Å². The third-order valence-electron chi connectivity index (χ3n) is 14.5. The van der Waals surface area contributed by atoms with E-state index in [4.69, 9.17) is 16.3 Å². The van der Waals surface area contributed by atoms with Gasteiger partial charge in [0.1, 0.15) is 24.0 Å². The zero-order valence-corrected chi connectivity index (χ0v) is 34.2. The molecular formula is C46H48ClN7O6. The highest BCUT2D eigenvalue weighted by atomic mass is 35.5. The molecule has 5 saturated heterocycles. The minimum Gasteiger partial charge on any atom is -0.490 e. The highest BCUT2D eigenvalue weighted by molar-refractivity contribution is 6.31. The maximum Gasteiger partial charge on any atom is 0.262 e. The third-order valence-corrected chi connectivity index (χ3v) is 14.9. The zero-order chi connectivity index (χ0) is 41.3. The molecule has 1 spiro atoms. The van der Waals surface area contributed by atoms with Crippen LogP contribution in [-0.2, 0) is 9.59 Å². The fraction of sp³-hybridized carbons (Fsp3) is 0.478. The Kier molecular flexibility index (Phi) is 9.83. The van der Waals surface area contributed by atoms with Crippen LogP contribution in [-0.4, -0.2) is 114 Å². The largest absolute Gasteiger partial charge is 0.490 e. The number of nitriles is 1. The molecule has 6 fully saturated rings. The second kappa shape index (κ2) is 15.2. The number of carbonyl (C=O) groups excluding carboxylic acids is 5. The van der Waals surface area contributed by atoms with Gasteiger partial charge in [-0.2, -0.15) is 5.26 Å². The summed E-state index contributed by atoms with van der Waals surface area (Å²) >= 11 is 6.23. The van der Waals surface area contributed by atoms with Crippen LogP contribution >= 0.6 is 11.6 Å². The summed E-state index contributed by atoms with van der Waals surface area (Å²) in [6, 6.07) is 20.8. The van der Waals surface area contributed by atoms with Crippen molar-refractivity contribution in [3.05, 3.63) is 87.9 Å². The van der Waals surface area contributed by atoms with Crippen molar-refractivity contribution in [2.45, 2.75) is 94.5 Å². The van der Waals surface area contributed by atoms with Crippen LogP contribution in [0, 0.1) is 16.7 Å². The van der Waals surface area contributed by atoms with Crippen molar-refractivity contribution < 1.29 is 28.7 Å². The number of hydrogen-bond donors (Lipinski definition) is 1. The lowest BCUT2D eigenvalue weighted by atomic mass is 9.60. The Labute approximate surface area is 354 Å². The van der Waals surface area contributed by atoms with E-state index in [0.29, 0.717) is 38.9 Å². The number of halogens is 1. The van der Waals surface area contributed by atoms with E-state index >= 15 is 0 Å². The highest BCUT2D eigenvalue weighted by Crippen LogP contribution is 2.52. The van der Waals surface area contributed by atoms with Crippen LogP contribution in [0.3, 0.4) is 0 Å². The fourth-order valence-electron chi connectivity index (χ4n) is 11.2. The average Bonchev–Trinajstić information content (AvgIpc) is 3.66. The van der Waals surface area contributed by atoms with Gasteiger partial charge in [-0.3, -0.25) is 39.1 Å². The fourth-order valence-corrected chi connectivity index (χ4v) is 11.4. The molecular weight excluding hydrogens is 782 g/mol. The van der Waals surface area contributed by atoms with Gasteiger partial charge in [-0.1, -0.05) is 11.6 Å². The molecule has 310 valence electrons. The van der Waals surface area contributed by atoms with Crippen molar-refractivity contribution in [2.24, 2.45) is 5.41 Å². The van der Waals surface area contributed by atoms with Crippen LogP contribution in [0.25, 0.3) is 0 Å². The molecule has 13 nitrogen and oxygen atoms in total. The topological polar surface area (TPSA) is 147 Å². The van der Waals surface area contributed by atoms with Crippen molar-refractivity contribution in [1.82, 2.24) is 20.0 Å². The molecule has 3 aromatic carbocycles. The summed E-state index contributed by atoms with van der Waals surface area (Å²) in [7, 11) is 0. The van der Waals surface area contributed by atoms with Crippen molar-refractivity contribution in [3.8, 4) is 11.8 Å². The first-order valence-corrected chi connectivity index (χ1v) is 21.8. The molecule has 3 unspecified atom stereocenters. The molecule has 5 amide bonds. The summed E-state index contributed by atoms with van der Waals surface area (Å²) < 4.78 is 6.28. The van der Waals surface area contributed by atoms with E-state index in [-0.39, 0.29) is 42.8 Å². The quantitative estimate of drug-likeness (QED) is 0.308. The van der Waals surface area contributed by atoms with Gasteiger partial charge in [0.05, 0.1) is 21.7 Å². The lowest BCUT2D eigenvalue weighted by Gasteiger charge is -2.56. The number of rotatable bonds is 7. The Morgan fingerprint density at radius 1 is 0.767 bits per heavy atom. The number of hydrogen-bond acceptors (Lipinski definition) is 10. The summed E-state index contributed by atoms with van der Waals surface area (Å²) in [5.74, 6) is -1.17. The molecule has 6 heterocycles. The Balaban J connectivity index is 0.681. The molecule has 1 N–H and O–H groups in total. The van der Waals surface area contributed by atoms with Crippen molar-refractivity contribution in [2.75, 3.05) is 49.1 Å². The molecule has 7 aliphatic rings. The second-order valence-corrected chi connectivity index (χ2v) is 18.3. The van der Waals surface area contributed by atoms with Crippen molar-refractivity contribution in [1.29, 1.82) is 5.26 Å². The minimum atomic E-state index is -0.964. The smallest absolute Gasteiger partial charge is 0.262 e. The van der Waals surface area contributed by atoms with Gasteiger partial charge >= 0.3 is 0 Å². The Bertz CT molecular complexity index is 2290. The number of fused-ring (bicyclic) bond motifs is 3. The van der Waals surface area contributed by atoms with E-state index in [2.05, 4.69) is 43.1 Å². The highest BCUT2D eigenvalue weighted by Gasteiger charge is 2.49. The Morgan fingerprint density at radius 2 is 1.43 bits per heavy atom.